The third kappa shape index (κ3) is 5.08. The van der Waals surface area contributed by atoms with E-state index in [1.54, 1.807) is 6.20 Å². The van der Waals surface area contributed by atoms with Gasteiger partial charge in [-0.2, -0.15) is 0 Å². The minimum atomic E-state index is -0.320. The number of Topliss-reactive ketones (excluding diaryl/α,β-unsaturated/α-hetero) is 1. The van der Waals surface area contributed by atoms with Crippen molar-refractivity contribution in [2.45, 2.75) is 12.8 Å². The van der Waals surface area contributed by atoms with E-state index < -0.39 is 0 Å². The van der Waals surface area contributed by atoms with E-state index in [9.17, 15) is 9.18 Å². The van der Waals surface area contributed by atoms with E-state index in [1.165, 1.54) is 24.3 Å². The standard InChI is InChI=1S/C17H19FN2O/c1-20(12-9-16-4-2-3-11-19-16)13-10-17(21)14-5-7-15(18)8-6-14/h2-8,11H,9-10,12-13H2,1H3. The number of nitrogens with zero attached hydrogens (tertiary/aromatic N) is 2. The first kappa shape index (κ1) is 15.3. The Kier molecular flexibility index (Phi) is 5.58. The summed E-state index contributed by atoms with van der Waals surface area (Å²) in [4.78, 5) is 18.4. The second-order valence-corrected chi connectivity index (χ2v) is 5.05. The van der Waals surface area contributed by atoms with Crippen molar-refractivity contribution in [1.82, 2.24) is 9.88 Å². The number of hydrogen-bond acceptors (Lipinski definition) is 3. The molecule has 1 heterocycles. The van der Waals surface area contributed by atoms with Crippen LogP contribution in [0.1, 0.15) is 22.5 Å². The monoisotopic (exact) mass is 286 g/mol. The molecule has 1 aromatic heterocycles. The molecule has 0 aliphatic heterocycles. The van der Waals surface area contributed by atoms with Crippen molar-refractivity contribution in [3.8, 4) is 0 Å². The van der Waals surface area contributed by atoms with Crippen molar-refractivity contribution in [3.63, 3.8) is 0 Å². The van der Waals surface area contributed by atoms with Gasteiger partial charge in [0, 0.05) is 43.4 Å². The van der Waals surface area contributed by atoms with Crippen LogP contribution in [0.15, 0.2) is 48.7 Å². The highest BCUT2D eigenvalue weighted by atomic mass is 19.1. The van der Waals surface area contributed by atoms with E-state index >= 15 is 0 Å². The molecule has 0 aliphatic rings. The fourth-order valence-electron chi connectivity index (χ4n) is 2.04. The summed E-state index contributed by atoms with van der Waals surface area (Å²) in [5.74, 6) is -0.279. The van der Waals surface area contributed by atoms with Gasteiger partial charge < -0.3 is 4.90 Å². The van der Waals surface area contributed by atoms with Crippen LogP contribution in [0, 0.1) is 5.82 Å². The van der Waals surface area contributed by atoms with Crippen molar-refractivity contribution >= 4 is 5.78 Å². The lowest BCUT2D eigenvalue weighted by Gasteiger charge is -2.15. The normalized spacial score (nSPS) is 10.8. The fourth-order valence-corrected chi connectivity index (χ4v) is 2.04. The topological polar surface area (TPSA) is 33.2 Å². The fraction of sp³-hybridized carbons (Fsp3) is 0.294. The number of pyridine rings is 1. The summed E-state index contributed by atoms with van der Waals surface area (Å²) in [6.07, 6.45) is 3.08. The van der Waals surface area contributed by atoms with Crippen LogP contribution in [0.5, 0.6) is 0 Å². The molecule has 2 aromatic rings. The number of benzene rings is 1. The van der Waals surface area contributed by atoms with Gasteiger partial charge in [0.25, 0.3) is 0 Å². The molecule has 1 aromatic carbocycles. The van der Waals surface area contributed by atoms with Crippen molar-refractivity contribution in [2.75, 3.05) is 20.1 Å². The number of likely N-dealkylation sites (N-methyl/N-ethyl adjacent to an activating group) is 1. The van der Waals surface area contributed by atoms with Crippen LogP contribution in [0.25, 0.3) is 0 Å². The van der Waals surface area contributed by atoms with Gasteiger partial charge in [-0.1, -0.05) is 6.07 Å². The highest BCUT2D eigenvalue weighted by Crippen LogP contribution is 2.06. The molecule has 0 spiro atoms. The Morgan fingerprint density at radius 1 is 1.14 bits per heavy atom. The molecule has 0 N–H and O–H groups in total. The smallest absolute Gasteiger partial charge is 0.164 e. The van der Waals surface area contributed by atoms with Crippen molar-refractivity contribution < 1.29 is 9.18 Å². The zero-order valence-corrected chi connectivity index (χ0v) is 12.1. The van der Waals surface area contributed by atoms with Gasteiger partial charge in [0.05, 0.1) is 0 Å². The summed E-state index contributed by atoms with van der Waals surface area (Å²) in [7, 11) is 1.99. The molecule has 0 saturated heterocycles. The Morgan fingerprint density at radius 3 is 2.57 bits per heavy atom. The molecule has 0 amide bonds. The first-order valence-electron chi connectivity index (χ1n) is 7.02. The van der Waals surface area contributed by atoms with Crippen molar-refractivity contribution in [3.05, 3.63) is 65.7 Å². The Balaban J connectivity index is 1.74. The molecule has 21 heavy (non-hydrogen) atoms. The molecule has 3 nitrogen and oxygen atoms in total. The van der Waals surface area contributed by atoms with Crippen LogP contribution in [-0.4, -0.2) is 35.8 Å². The molecule has 0 radical (unpaired) electrons. The number of carbonyl (C=O) groups is 1. The minimum absolute atomic E-state index is 0.0414. The maximum Gasteiger partial charge on any atom is 0.164 e. The number of halogens is 1. The Morgan fingerprint density at radius 2 is 1.90 bits per heavy atom. The van der Waals surface area contributed by atoms with Crippen LogP contribution < -0.4 is 0 Å². The SMILES string of the molecule is CN(CCC(=O)c1ccc(F)cc1)CCc1ccccn1. The van der Waals surface area contributed by atoms with Crippen LogP contribution in [0.3, 0.4) is 0 Å². The lowest BCUT2D eigenvalue weighted by atomic mass is 10.1. The molecule has 0 unspecified atom stereocenters. The van der Waals surface area contributed by atoms with Gasteiger partial charge in [-0.25, -0.2) is 4.39 Å². The van der Waals surface area contributed by atoms with E-state index in [1.807, 2.05) is 25.2 Å². The minimum Gasteiger partial charge on any atom is -0.306 e. The lowest BCUT2D eigenvalue weighted by molar-refractivity contribution is 0.0969. The van der Waals surface area contributed by atoms with Crippen LogP contribution >= 0.6 is 0 Å². The molecule has 0 bridgehead atoms. The van der Waals surface area contributed by atoms with Crippen LogP contribution in [0.4, 0.5) is 4.39 Å². The van der Waals surface area contributed by atoms with Crippen LogP contribution in [0.2, 0.25) is 0 Å². The number of hydrogen-bond donors (Lipinski definition) is 0. The van der Waals surface area contributed by atoms with E-state index in [0.717, 1.165) is 18.7 Å². The van der Waals surface area contributed by atoms with E-state index in [-0.39, 0.29) is 11.6 Å². The molecule has 0 aliphatic carbocycles. The van der Waals surface area contributed by atoms with Crippen LogP contribution in [-0.2, 0) is 6.42 Å². The second kappa shape index (κ2) is 7.64. The molecule has 0 atom stereocenters. The maximum atomic E-state index is 12.8. The average molecular weight is 286 g/mol. The van der Waals surface area contributed by atoms with Gasteiger partial charge in [0.15, 0.2) is 5.78 Å². The zero-order valence-electron chi connectivity index (χ0n) is 12.1. The number of ketones is 1. The zero-order chi connectivity index (χ0) is 15.1. The predicted molar refractivity (Wildman–Crippen MR) is 80.8 cm³/mol. The largest absolute Gasteiger partial charge is 0.306 e. The summed E-state index contributed by atoms with van der Waals surface area (Å²) in [6, 6.07) is 11.6. The van der Waals surface area contributed by atoms with E-state index in [0.29, 0.717) is 18.5 Å². The lowest BCUT2D eigenvalue weighted by Crippen LogP contribution is -2.24. The van der Waals surface area contributed by atoms with Gasteiger partial charge in [0.2, 0.25) is 0 Å². The molecule has 0 saturated carbocycles. The molecular formula is C17H19FN2O. The number of carbonyl (C=O) groups excluding carboxylic acids is 1. The summed E-state index contributed by atoms with van der Waals surface area (Å²) in [5.41, 5.74) is 1.61. The van der Waals surface area contributed by atoms with Crippen molar-refractivity contribution in [2.24, 2.45) is 0 Å². The Hall–Kier alpha value is -2.07. The highest BCUT2D eigenvalue weighted by Gasteiger charge is 2.08. The first-order valence-corrected chi connectivity index (χ1v) is 7.02. The van der Waals surface area contributed by atoms with E-state index in [2.05, 4.69) is 9.88 Å². The highest BCUT2D eigenvalue weighted by molar-refractivity contribution is 5.96. The van der Waals surface area contributed by atoms with Gasteiger partial charge in [-0.3, -0.25) is 9.78 Å². The summed E-state index contributed by atoms with van der Waals surface area (Å²) < 4.78 is 12.8. The van der Waals surface area contributed by atoms with Gasteiger partial charge >= 0.3 is 0 Å². The third-order valence-corrected chi connectivity index (χ3v) is 3.36. The number of rotatable bonds is 7. The maximum absolute atomic E-state index is 12.8. The molecule has 0 fully saturated rings. The molecular weight excluding hydrogens is 267 g/mol. The van der Waals surface area contributed by atoms with Crippen molar-refractivity contribution in [1.29, 1.82) is 0 Å². The predicted octanol–water partition coefficient (Wildman–Crippen LogP) is 2.97. The van der Waals surface area contributed by atoms with E-state index in [4.69, 9.17) is 0 Å². The summed E-state index contributed by atoms with van der Waals surface area (Å²) >= 11 is 0. The van der Waals surface area contributed by atoms with Gasteiger partial charge in [-0.05, 0) is 43.4 Å². The quantitative estimate of drug-likeness (QED) is 0.734. The summed E-state index contributed by atoms with van der Waals surface area (Å²) in [5, 5.41) is 0. The third-order valence-electron chi connectivity index (χ3n) is 3.36. The summed E-state index contributed by atoms with van der Waals surface area (Å²) in [6.45, 7) is 1.54. The Labute approximate surface area is 124 Å². The van der Waals surface area contributed by atoms with Gasteiger partial charge in [0.1, 0.15) is 5.82 Å². The Bertz CT molecular complexity index is 569. The molecule has 4 heteroatoms. The molecule has 110 valence electrons. The first-order chi connectivity index (χ1) is 10.1. The van der Waals surface area contributed by atoms with Gasteiger partial charge in [-0.15, -0.1) is 0 Å². The number of aromatic nitrogens is 1. The second-order valence-electron chi connectivity index (χ2n) is 5.05. The average Bonchev–Trinajstić information content (AvgIpc) is 2.52. The molecule has 2 rings (SSSR count).